The van der Waals surface area contributed by atoms with Crippen LogP contribution in [-0.2, 0) is 19.0 Å². The standard InChI is InChI=1S/C14H18N2O4/c1-10(18-3)8-15-12-4-5-13(17)16(11(12)2)9-14-19-6-7-20-14/h4-5,8,14H,2,6-7,9H2,1,3H3/b10-8+,15-12-. The van der Waals surface area contributed by atoms with E-state index in [4.69, 9.17) is 14.2 Å². The van der Waals surface area contributed by atoms with Crippen molar-refractivity contribution in [2.24, 2.45) is 4.99 Å². The number of ether oxygens (including phenoxy) is 3. The fourth-order valence-corrected chi connectivity index (χ4v) is 1.80. The first-order valence-corrected chi connectivity index (χ1v) is 6.32. The van der Waals surface area contributed by atoms with Gasteiger partial charge in [-0.05, 0) is 13.0 Å². The molecule has 0 spiro atoms. The molecule has 1 saturated heterocycles. The van der Waals surface area contributed by atoms with Gasteiger partial charge >= 0.3 is 0 Å². The highest BCUT2D eigenvalue weighted by Crippen LogP contribution is 2.16. The Bertz CT molecular complexity index is 487. The second kappa shape index (κ2) is 6.49. The van der Waals surface area contributed by atoms with Crippen LogP contribution in [0, 0.1) is 0 Å². The van der Waals surface area contributed by atoms with Gasteiger partial charge in [0.05, 0.1) is 44.5 Å². The number of aliphatic imine (C=N–C) groups is 1. The van der Waals surface area contributed by atoms with E-state index in [1.54, 1.807) is 26.3 Å². The summed E-state index contributed by atoms with van der Waals surface area (Å²) in [6.45, 7) is 7.12. The lowest BCUT2D eigenvalue weighted by atomic mass is 10.1. The predicted molar refractivity (Wildman–Crippen MR) is 73.9 cm³/mol. The Morgan fingerprint density at radius 1 is 1.55 bits per heavy atom. The molecule has 20 heavy (non-hydrogen) atoms. The Balaban J connectivity index is 2.12. The normalized spacial score (nSPS) is 23.0. The molecule has 0 unspecified atom stereocenters. The van der Waals surface area contributed by atoms with Gasteiger partial charge < -0.3 is 19.1 Å². The molecule has 1 amide bonds. The van der Waals surface area contributed by atoms with Gasteiger partial charge in [-0.3, -0.25) is 9.79 Å². The molecule has 0 bridgehead atoms. The summed E-state index contributed by atoms with van der Waals surface area (Å²) in [5.74, 6) is 0.519. The molecular formula is C14H18N2O4. The number of rotatable bonds is 4. The van der Waals surface area contributed by atoms with Crippen LogP contribution < -0.4 is 0 Å². The Labute approximate surface area is 118 Å². The van der Waals surface area contributed by atoms with Gasteiger partial charge in [-0.25, -0.2) is 0 Å². The molecule has 0 aliphatic carbocycles. The SMILES string of the molecule is C=C1/C(=N\C=C(/C)OC)C=CC(=O)N1CC1OCCO1. The minimum atomic E-state index is -0.403. The first-order chi connectivity index (χ1) is 9.61. The summed E-state index contributed by atoms with van der Waals surface area (Å²) in [7, 11) is 1.57. The molecule has 0 atom stereocenters. The quantitative estimate of drug-likeness (QED) is 0.725. The van der Waals surface area contributed by atoms with Gasteiger partial charge in [-0.2, -0.15) is 0 Å². The second-order valence-electron chi connectivity index (χ2n) is 4.36. The summed E-state index contributed by atoms with van der Waals surface area (Å²) in [6, 6.07) is 0. The number of nitrogens with zero attached hydrogens (tertiary/aromatic N) is 2. The highest BCUT2D eigenvalue weighted by Gasteiger charge is 2.27. The van der Waals surface area contributed by atoms with Crippen molar-refractivity contribution < 1.29 is 19.0 Å². The topological polar surface area (TPSA) is 60.4 Å². The Morgan fingerprint density at radius 3 is 2.90 bits per heavy atom. The van der Waals surface area contributed by atoms with E-state index in [1.807, 2.05) is 0 Å². The van der Waals surface area contributed by atoms with E-state index in [9.17, 15) is 4.79 Å². The molecule has 108 valence electrons. The third kappa shape index (κ3) is 3.34. The van der Waals surface area contributed by atoms with Crippen LogP contribution in [0.5, 0.6) is 0 Å². The first-order valence-electron chi connectivity index (χ1n) is 6.32. The van der Waals surface area contributed by atoms with Gasteiger partial charge in [0.15, 0.2) is 6.29 Å². The fraction of sp³-hybridized carbons (Fsp3) is 0.429. The van der Waals surface area contributed by atoms with Crippen LogP contribution in [0.3, 0.4) is 0 Å². The van der Waals surface area contributed by atoms with Crippen molar-refractivity contribution in [3.8, 4) is 0 Å². The largest absolute Gasteiger partial charge is 0.500 e. The van der Waals surface area contributed by atoms with Crippen LogP contribution in [0.25, 0.3) is 0 Å². The summed E-state index contributed by atoms with van der Waals surface area (Å²) >= 11 is 0. The van der Waals surface area contributed by atoms with Gasteiger partial charge in [-0.1, -0.05) is 6.58 Å². The summed E-state index contributed by atoms with van der Waals surface area (Å²) in [5.41, 5.74) is 1.13. The maximum absolute atomic E-state index is 11.9. The molecule has 1 fully saturated rings. The van der Waals surface area contributed by atoms with Crippen LogP contribution in [0.4, 0.5) is 0 Å². The molecule has 0 radical (unpaired) electrons. The molecule has 0 aromatic heterocycles. The molecule has 6 heteroatoms. The average Bonchev–Trinajstić information content (AvgIpc) is 2.95. The lowest BCUT2D eigenvalue weighted by Gasteiger charge is -2.28. The molecule has 0 saturated carbocycles. The van der Waals surface area contributed by atoms with E-state index in [1.165, 1.54) is 11.0 Å². The summed E-state index contributed by atoms with van der Waals surface area (Å²) in [5, 5.41) is 0. The Hall–Kier alpha value is -1.92. The lowest BCUT2D eigenvalue weighted by molar-refractivity contribution is -0.129. The number of methoxy groups -OCH3 is 1. The fourth-order valence-electron chi connectivity index (χ4n) is 1.80. The van der Waals surface area contributed by atoms with Crippen LogP contribution in [0.2, 0.25) is 0 Å². The zero-order valence-electron chi connectivity index (χ0n) is 11.7. The number of amides is 1. The highest BCUT2D eigenvalue weighted by molar-refractivity contribution is 6.16. The summed E-state index contributed by atoms with van der Waals surface area (Å²) in [6.07, 6.45) is 4.27. The number of allylic oxidation sites excluding steroid dienone is 2. The molecule has 2 rings (SSSR count). The highest BCUT2D eigenvalue weighted by atomic mass is 16.7. The Morgan fingerprint density at radius 2 is 2.25 bits per heavy atom. The lowest BCUT2D eigenvalue weighted by Crippen LogP contribution is -2.40. The third-order valence-electron chi connectivity index (χ3n) is 3.00. The van der Waals surface area contributed by atoms with Crippen LogP contribution in [-0.4, -0.2) is 49.7 Å². The van der Waals surface area contributed by atoms with E-state index in [0.29, 0.717) is 36.9 Å². The Kier molecular flexibility index (Phi) is 4.70. The van der Waals surface area contributed by atoms with Gasteiger partial charge in [0.1, 0.15) is 5.76 Å². The molecule has 2 aliphatic heterocycles. The molecule has 6 nitrogen and oxygen atoms in total. The van der Waals surface area contributed by atoms with Crippen LogP contribution >= 0.6 is 0 Å². The molecular weight excluding hydrogens is 260 g/mol. The number of hydrogen-bond donors (Lipinski definition) is 0. The second-order valence-corrected chi connectivity index (χ2v) is 4.36. The third-order valence-corrected chi connectivity index (χ3v) is 3.00. The predicted octanol–water partition coefficient (Wildman–Crippen LogP) is 1.22. The minimum absolute atomic E-state index is 0.152. The molecule has 0 aromatic carbocycles. The monoisotopic (exact) mass is 278 g/mol. The summed E-state index contributed by atoms with van der Waals surface area (Å²) in [4.78, 5) is 17.7. The van der Waals surface area contributed by atoms with Crippen molar-refractivity contribution in [1.29, 1.82) is 0 Å². The number of hydrogen-bond acceptors (Lipinski definition) is 5. The smallest absolute Gasteiger partial charge is 0.251 e. The maximum Gasteiger partial charge on any atom is 0.251 e. The van der Waals surface area contributed by atoms with Crippen molar-refractivity contribution in [2.45, 2.75) is 13.2 Å². The van der Waals surface area contributed by atoms with Crippen LogP contribution in [0.1, 0.15) is 6.92 Å². The van der Waals surface area contributed by atoms with Crippen LogP contribution in [0.15, 0.2) is 41.4 Å². The minimum Gasteiger partial charge on any atom is -0.500 e. The number of carbonyl (C=O) groups excluding carboxylic acids is 1. The van der Waals surface area contributed by atoms with Gasteiger partial charge in [0, 0.05) is 6.08 Å². The zero-order valence-corrected chi connectivity index (χ0v) is 11.7. The molecule has 0 aromatic rings. The van der Waals surface area contributed by atoms with E-state index < -0.39 is 6.29 Å². The van der Waals surface area contributed by atoms with Gasteiger partial charge in [-0.15, -0.1) is 0 Å². The molecule has 2 heterocycles. The van der Waals surface area contributed by atoms with E-state index in [0.717, 1.165) is 0 Å². The van der Waals surface area contributed by atoms with E-state index >= 15 is 0 Å². The van der Waals surface area contributed by atoms with Crippen molar-refractivity contribution in [3.63, 3.8) is 0 Å². The molecule has 0 N–H and O–H groups in total. The number of carbonyl (C=O) groups is 1. The van der Waals surface area contributed by atoms with Gasteiger partial charge in [0.2, 0.25) is 0 Å². The van der Waals surface area contributed by atoms with Crippen molar-refractivity contribution >= 4 is 11.6 Å². The van der Waals surface area contributed by atoms with Crippen molar-refractivity contribution in [2.75, 3.05) is 26.9 Å². The van der Waals surface area contributed by atoms with E-state index in [-0.39, 0.29) is 5.91 Å². The average molecular weight is 278 g/mol. The maximum atomic E-state index is 11.9. The van der Waals surface area contributed by atoms with E-state index in [2.05, 4.69) is 11.6 Å². The first kappa shape index (κ1) is 14.5. The zero-order chi connectivity index (χ0) is 14.5. The molecule has 2 aliphatic rings. The van der Waals surface area contributed by atoms with Crippen molar-refractivity contribution in [3.05, 3.63) is 36.4 Å². The van der Waals surface area contributed by atoms with Crippen molar-refractivity contribution in [1.82, 2.24) is 4.90 Å². The van der Waals surface area contributed by atoms with Gasteiger partial charge in [0.25, 0.3) is 5.91 Å². The summed E-state index contributed by atoms with van der Waals surface area (Å²) < 4.78 is 15.7.